The van der Waals surface area contributed by atoms with Crippen molar-refractivity contribution in [1.29, 1.82) is 0 Å². The van der Waals surface area contributed by atoms with Gasteiger partial charge in [-0.15, -0.1) is 0 Å². The number of rotatable bonds is 6. The van der Waals surface area contributed by atoms with E-state index in [0.717, 1.165) is 19.3 Å². The number of nitrogens with one attached hydrogen (secondary N) is 1. The third-order valence-electron chi connectivity index (χ3n) is 5.16. The Morgan fingerprint density at radius 2 is 1.93 bits per heavy atom. The molecule has 27 heavy (non-hydrogen) atoms. The third kappa shape index (κ3) is 3.99. The third-order valence-corrected chi connectivity index (χ3v) is 6.77. The standard InChI is InChI=1S/C18H26N4O4S/c1-13-15(22-11-5-8-17(22)23)6-4-7-16(13)27(25,26)20-14(12-19)18(24)21-9-2-3-10-21/h4,6-7,14,20H,2-3,5,8-12,19H2,1H3/t14-/m0/s1. The molecule has 0 bridgehead atoms. The summed E-state index contributed by atoms with van der Waals surface area (Å²) < 4.78 is 28.4. The molecule has 2 saturated heterocycles. The molecule has 0 radical (unpaired) electrons. The van der Waals surface area contributed by atoms with Gasteiger partial charge in [-0.2, -0.15) is 4.72 Å². The quantitative estimate of drug-likeness (QED) is 0.723. The highest BCUT2D eigenvalue weighted by Gasteiger charge is 2.31. The summed E-state index contributed by atoms with van der Waals surface area (Å²) in [6.07, 6.45) is 3.06. The summed E-state index contributed by atoms with van der Waals surface area (Å²) >= 11 is 0. The molecular formula is C18H26N4O4S. The van der Waals surface area contributed by atoms with Crippen LogP contribution < -0.4 is 15.4 Å². The molecule has 2 heterocycles. The summed E-state index contributed by atoms with van der Waals surface area (Å²) in [5, 5.41) is 0. The topological polar surface area (TPSA) is 113 Å². The van der Waals surface area contributed by atoms with Crippen molar-refractivity contribution in [2.45, 2.75) is 43.5 Å². The van der Waals surface area contributed by atoms with Gasteiger partial charge in [-0.3, -0.25) is 9.59 Å². The molecular weight excluding hydrogens is 368 g/mol. The zero-order valence-electron chi connectivity index (χ0n) is 15.5. The van der Waals surface area contributed by atoms with Gasteiger partial charge in [0.15, 0.2) is 0 Å². The van der Waals surface area contributed by atoms with Crippen LogP contribution in [0.3, 0.4) is 0 Å². The normalized spacial score (nSPS) is 19.0. The number of carbonyl (C=O) groups is 2. The molecule has 148 valence electrons. The van der Waals surface area contributed by atoms with Gasteiger partial charge in [-0.1, -0.05) is 6.07 Å². The van der Waals surface area contributed by atoms with Gasteiger partial charge in [0.1, 0.15) is 6.04 Å². The molecule has 8 nitrogen and oxygen atoms in total. The molecule has 2 aliphatic rings. The SMILES string of the molecule is Cc1c(N2CCCC2=O)cccc1S(=O)(=O)N[C@@H](CN)C(=O)N1CCCC1. The predicted octanol–water partition coefficient (Wildman–Crippen LogP) is 0.350. The van der Waals surface area contributed by atoms with Crippen molar-refractivity contribution < 1.29 is 18.0 Å². The van der Waals surface area contributed by atoms with Crippen LogP contribution in [0.4, 0.5) is 5.69 Å². The van der Waals surface area contributed by atoms with E-state index in [-0.39, 0.29) is 23.3 Å². The highest BCUT2D eigenvalue weighted by molar-refractivity contribution is 7.89. The maximum Gasteiger partial charge on any atom is 0.242 e. The molecule has 0 aliphatic carbocycles. The average molecular weight is 394 g/mol. The molecule has 2 amide bonds. The van der Waals surface area contributed by atoms with Crippen LogP contribution >= 0.6 is 0 Å². The number of hydrogen-bond donors (Lipinski definition) is 2. The van der Waals surface area contributed by atoms with E-state index < -0.39 is 16.1 Å². The fourth-order valence-electron chi connectivity index (χ4n) is 3.70. The molecule has 2 fully saturated rings. The molecule has 0 unspecified atom stereocenters. The second kappa shape index (κ2) is 7.95. The van der Waals surface area contributed by atoms with Crippen molar-refractivity contribution >= 4 is 27.5 Å². The van der Waals surface area contributed by atoms with E-state index in [1.165, 1.54) is 6.07 Å². The number of likely N-dealkylation sites (tertiary alicyclic amines) is 1. The van der Waals surface area contributed by atoms with E-state index in [4.69, 9.17) is 5.73 Å². The van der Waals surface area contributed by atoms with Crippen LogP contribution in [-0.4, -0.2) is 57.4 Å². The summed E-state index contributed by atoms with van der Waals surface area (Å²) in [5.74, 6) is -0.299. The van der Waals surface area contributed by atoms with E-state index in [9.17, 15) is 18.0 Å². The number of nitrogens with two attached hydrogens (primary N) is 1. The Kier molecular flexibility index (Phi) is 5.83. The summed E-state index contributed by atoms with van der Waals surface area (Å²) in [6, 6.07) is 3.84. The molecule has 2 aliphatic heterocycles. The fourth-order valence-corrected chi connectivity index (χ4v) is 5.16. The van der Waals surface area contributed by atoms with Crippen molar-refractivity contribution in [2.75, 3.05) is 31.1 Å². The second-order valence-corrected chi connectivity index (χ2v) is 8.67. The first-order valence-corrected chi connectivity index (χ1v) is 10.7. The summed E-state index contributed by atoms with van der Waals surface area (Å²) in [6.45, 7) is 3.40. The van der Waals surface area contributed by atoms with Crippen LogP contribution in [0.25, 0.3) is 0 Å². The van der Waals surface area contributed by atoms with Gasteiger partial charge in [0.25, 0.3) is 0 Å². The van der Waals surface area contributed by atoms with Crippen molar-refractivity contribution in [3.8, 4) is 0 Å². The van der Waals surface area contributed by atoms with Crippen LogP contribution in [0.2, 0.25) is 0 Å². The van der Waals surface area contributed by atoms with Gasteiger partial charge in [0.2, 0.25) is 21.8 Å². The minimum atomic E-state index is -3.96. The van der Waals surface area contributed by atoms with Crippen LogP contribution in [0.5, 0.6) is 0 Å². The van der Waals surface area contributed by atoms with Crippen LogP contribution in [0.15, 0.2) is 23.1 Å². The first-order valence-electron chi connectivity index (χ1n) is 9.26. The number of sulfonamides is 1. The maximum atomic E-state index is 12.9. The van der Waals surface area contributed by atoms with Gasteiger partial charge < -0.3 is 15.5 Å². The Morgan fingerprint density at radius 1 is 1.22 bits per heavy atom. The number of benzene rings is 1. The van der Waals surface area contributed by atoms with E-state index in [1.807, 2.05) is 0 Å². The molecule has 3 N–H and O–H groups in total. The van der Waals surface area contributed by atoms with Crippen LogP contribution in [0, 0.1) is 6.92 Å². The molecule has 0 saturated carbocycles. The summed E-state index contributed by atoms with van der Waals surface area (Å²) in [7, 11) is -3.96. The first kappa shape index (κ1) is 19.8. The Hall–Kier alpha value is -1.97. The van der Waals surface area contributed by atoms with Gasteiger partial charge in [-0.05, 0) is 43.9 Å². The van der Waals surface area contributed by atoms with Gasteiger partial charge in [0.05, 0.1) is 4.90 Å². The lowest BCUT2D eigenvalue weighted by molar-refractivity contribution is -0.131. The van der Waals surface area contributed by atoms with E-state index in [2.05, 4.69) is 4.72 Å². The van der Waals surface area contributed by atoms with E-state index in [0.29, 0.717) is 37.3 Å². The Labute approximate surface area is 159 Å². The minimum Gasteiger partial charge on any atom is -0.341 e. The summed E-state index contributed by atoms with van der Waals surface area (Å²) in [5.41, 5.74) is 6.77. The second-order valence-electron chi connectivity index (χ2n) is 6.99. The number of carbonyl (C=O) groups excluding carboxylic acids is 2. The molecule has 1 atom stereocenters. The molecule has 0 spiro atoms. The fraction of sp³-hybridized carbons (Fsp3) is 0.556. The summed E-state index contributed by atoms with van der Waals surface area (Å²) in [4.78, 5) is 27.9. The van der Waals surface area contributed by atoms with Crippen molar-refractivity contribution in [1.82, 2.24) is 9.62 Å². The lowest BCUT2D eigenvalue weighted by atomic mass is 10.2. The Morgan fingerprint density at radius 3 is 2.52 bits per heavy atom. The molecule has 0 aromatic heterocycles. The Balaban J connectivity index is 1.85. The van der Waals surface area contributed by atoms with Gasteiger partial charge >= 0.3 is 0 Å². The zero-order chi connectivity index (χ0) is 19.6. The molecule has 3 rings (SSSR count). The van der Waals surface area contributed by atoms with Crippen molar-refractivity contribution in [2.24, 2.45) is 5.73 Å². The monoisotopic (exact) mass is 394 g/mol. The first-order chi connectivity index (χ1) is 12.8. The highest BCUT2D eigenvalue weighted by Crippen LogP contribution is 2.29. The average Bonchev–Trinajstić information content (AvgIpc) is 3.31. The predicted molar refractivity (Wildman–Crippen MR) is 102 cm³/mol. The molecule has 9 heteroatoms. The lowest BCUT2D eigenvalue weighted by Gasteiger charge is -2.24. The smallest absolute Gasteiger partial charge is 0.242 e. The van der Waals surface area contributed by atoms with Gasteiger partial charge in [-0.25, -0.2) is 8.42 Å². The number of nitrogens with zero attached hydrogens (tertiary/aromatic N) is 2. The number of anilines is 1. The van der Waals surface area contributed by atoms with E-state index >= 15 is 0 Å². The van der Waals surface area contributed by atoms with Crippen LogP contribution in [0.1, 0.15) is 31.2 Å². The number of amides is 2. The lowest BCUT2D eigenvalue weighted by Crippen LogP contribution is -2.51. The van der Waals surface area contributed by atoms with Crippen molar-refractivity contribution in [3.05, 3.63) is 23.8 Å². The zero-order valence-corrected chi connectivity index (χ0v) is 16.3. The largest absolute Gasteiger partial charge is 0.341 e. The van der Waals surface area contributed by atoms with E-state index in [1.54, 1.807) is 28.9 Å². The van der Waals surface area contributed by atoms with Crippen LogP contribution in [-0.2, 0) is 19.6 Å². The molecule has 1 aromatic carbocycles. The van der Waals surface area contributed by atoms with Gasteiger partial charge in [0, 0.05) is 38.3 Å². The maximum absolute atomic E-state index is 12.9. The highest BCUT2D eigenvalue weighted by atomic mass is 32.2. The van der Waals surface area contributed by atoms with Crippen molar-refractivity contribution in [3.63, 3.8) is 0 Å². The molecule has 1 aromatic rings. The minimum absolute atomic E-state index is 0.00958. The number of hydrogen-bond acceptors (Lipinski definition) is 5. The Bertz CT molecular complexity index is 834.